The third-order valence-electron chi connectivity index (χ3n) is 5.13. The molecule has 4 N–H and O–H groups in total. The highest BCUT2D eigenvalue weighted by molar-refractivity contribution is 6.32. The molecule has 8 heteroatoms. The van der Waals surface area contributed by atoms with E-state index in [1.54, 1.807) is 24.4 Å². The van der Waals surface area contributed by atoms with Crippen molar-refractivity contribution in [3.63, 3.8) is 0 Å². The lowest BCUT2D eigenvalue weighted by Gasteiger charge is -2.17. The molecule has 0 aliphatic carbocycles. The van der Waals surface area contributed by atoms with Crippen LogP contribution in [0.15, 0.2) is 60.8 Å². The van der Waals surface area contributed by atoms with E-state index in [4.69, 9.17) is 23.2 Å². The van der Waals surface area contributed by atoms with Crippen LogP contribution in [0, 0.1) is 0 Å². The zero-order valence-corrected chi connectivity index (χ0v) is 20.4. The van der Waals surface area contributed by atoms with Crippen LogP contribution in [0.2, 0.25) is 10.0 Å². The highest BCUT2D eigenvalue weighted by Crippen LogP contribution is 2.39. The molecule has 0 atom stereocenters. The number of fused-ring (bicyclic) bond motifs is 1. The Morgan fingerprint density at radius 3 is 2.48 bits per heavy atom. The SMILES string of the molecule is CC(C)NCc1cc(Nc2ccnc3cc(Cl)ccc23)cc(-c2ccc(Cl)c(O)c2)c1O.Cl. The van der Waals surface area contributed by atoms with Gasteiger partial charge in [0.15, 0.2) is 0 Å². The number of aromatic hydroxyl groups is 2. The summed E-state index contributed by atoms with van der Waals surface area (Å²) in [5.41, 5.74) is 4.41. The van der Waals surface area contributed by atoms with Crippen LogP contribution in [0.5, 0.6) is 11.5 Å². The summed E-state index contributed by atoms with van der Waals surface area (Å²) in [6.45, 7) is 4.58. The van der Waals surface area contributed by atoms with E-state index in [0.717, 1.165) is 27.8 Å². The van der Waals surface area contributed by atoms with Crippen molar-refractivity contribution in [2.75, 3.05) is 5.32 Å². The first kappa shape index (κ1) is 24.9. The maximum absolute atomic E-state index is 11.0. The summed E-state index contributed by atoms with van der Waals surface area (Å²) in [6, 6.07) is 16.4. The highest BCUT2D eigenvalue weighted by atomic mass is 35.5. The minimum absolute atomic E-state index is 0. The molecule has 1 heterocycles. The molecule has 0 bridgehead atoms. The van der Waals surface area contributed by atoms with Crippen LogP contribution >= 0.6 is 35.6 Å². The summed E-state index contributed by atoms with van der Waals surface area (Å²) >= 11 is 12.1. The number of rotatable bonds is 6. The number of phenols is 2. The van der Waals surface area contributed by atoms with E-state index < -0.39 is 0 Å². The number of benzene rings is 3. The number of hydrogen-bond acceptors (Lipinski definition) is 5. The van der Waals surface area contributed by atoms with Crippen LogP contribution in [-0.2, 0) is 6.54 Å². The molecule has 4 aromatic rings. The van der Waals surface area contributed by atoms with Gasteiger partial charge in [0.05, 0.1) is 10.5 Å². The molecule has 0 amide bonds. The average molecular weight is 505 g/mol. The Kier molecular flexibility index (Phi) is 7.92. The second-order valence-electron chi connectivity index (χ2n) is 7.88. The highest BCUT2D eigenvalue weighted by Gasteiger charge is 2.15. The average Bonchev–Trinajstić information content (AvgIpc) is 2.75. The molecule has 4 rings (SSSR count). The Bertz CT molecular complexity index is 1300. The van der Waals surface area contributed by atoms with Gasteiger partial charge in [-0.05, 0) is 54.1 Å². The maximum atomic E-state index is 11.0. The molecule has 1 aromatic heterocycles. The molecule has 172 valence electrons. The van der Waals surface area contributed by atoms with Crippen LogP contribution in [0.25, 0.3) is 22.0 Å². The summed E-state index contributed by atoms with van der Waals surface area (Å²) in [7, 11) is 0. The van der Waals surface area contributed by atoms with E-state index in [-0.39, 0.29) is 35.0 Å². The van der Waals surface area contributed by atoms with Crippen LogP contribution in [-0.4, -0.2) is 21.2 Å². The fraction of sp³-hybridized carbons (Fsp3) is 0.160. The molecule has 0 radical (unpaired) electrons. The van der Waals surface area contributed by atoms with Crippen molar-refractivity contribution in [3.05, 3.63) is 76.4 Å². The van der Waals surface area contributed by atoms with E-state index in [1.165, 1.54) is 0 Å². The Balaban J connectivity index is 0.00000306. The normalized spacial score (nSPS) is 10.9. The molecule has 0 spiro atoms. The lowest BCUT2D eigenvalue weighted by atomic mass is 9.99. The van der Waals surface area contributed by atoms with Crippen molar-refractivity contribution in [2.45, 2.75) is 26.4 Å². The van der Waals surface area contributed by atoms with Gasteiger partial charge in [-0.1, -0.05) is 43.1 Å². The maximum Gasteiger partial charge on any atom is 0.134 e. The summed E-state index contributed by atoms with van der Waals surface area (Å²) in [5, 5.41) is 29.7. The lowest BCUT2D eigenvalue weighted by Crippen LogP contribution is -2.22. The largest absolute Gasteiger partial charge is 0.507 e. The van der Waals surface area contributed by atoms with E-state index in [9.17, 15) is 10.2 Å². The third-order valence-corrected chi connectivity index (χ3v) is 5.69. The molecule has 5 nitrogen and oxygen atoms in total. The number of aromatic nitrogens is 1. The van der Waals surface area contributed by atoms with E-state index in [0.29, 0.717) is 22.7 Å². The fourth-order valence-corrected chi connectivity index (χ4v) is 3.79. The number of nitrogens with one attached hydrogen (secondary N) is 2. The first-order valence-corrected chi connectivity index (χ1v) is 11.0. The molecule has 0 aliphatic heterocycles. The first-order valence-electron chi connectivity index (χ1n) is 10.2. The van der Waals surface area contributed by atoms with Gasteiger partial charge >= 0.3 is 0 Å². The molecular weight excluding hydrogens is 481 g/mol. The molecule has 0 unspecified atom stereocenters. The molecule has 0 saturated carbocycles. The van der Waals surface area contributed by atoms with Gasteiger partial charge in [-0.15, -0.1) is 12.4 Å². The van der Waals surface area contributed by atoms with Gasteiger partial charge in [-0.2, -0.15) is 0 Å². The van der Waals surface area contributed by atoms with Crippen molar-refractivity contribution < 1.29 is 10.2 Å². The minimum atomic E-state index is -0.0409. The number of anilines is 2. The summed E-state index contributed by atoms with van der Waals surface area (Å²) in [5.74, 6) is 0.109. The van der Waals surface area contributed by atoms with Gasteiger partial charge in [0, 0.05) is 51.7 Å². The van der Waals surface area contributed by atoms with Crippen molar-refractivity contribution >= 4 is 57.9 Å². The smallest absolute Gasteiger partial charge is 0.134 e. The number of phenolic OH excluding ortho intramolecular Hbond substituents is 2. The Hall–Kier alpha value is -2.70. The first-order chi connectivity index (χ1) is 15.3. The van der Waals surface area contributed by atoms with E-state index in [2.05, 4.69) is 15.6 Å². The lowest BCUT2D eigenvalue weighted by molar-refractivity contribution is 0.463. The van der Waals surface area contributed by atoms with E-state index in [1.807, 2.05) is 50.2 Å². The predicted octanol–water partition coefficient (Wildman–Crippen LogP) is 7.28. The third kappa shape index (κ3) is 5.63. The molecule has 0 aliphatic rings. The predicted molar refractivity (Wildman–Crippen MR) is 139 cm³/mol. The molecule has 33 heavy (non-hydrogen) atoms. The van der Waals surface area contributed by atoms with Gasteiger partial charge in [-0.3, -0.25) is 4.98 Å². The fourth-order valence-electron chi connectivity index (χ4n) is 3.50. The second-order valence-corrected chi connectivity index (χ2v) is 8.72. The quantitative estimate of drug-likeness (QED) is 0.207. The van der Waals surface area contributed by atoms with Gasteiger partial charge in [0.1, 0.15) is 11.5 Å². The molecular formula is C25H24Cl3N3O2. The van der Waals surface area contributed by atoms with Crippen LogP contribution in [0.1, 0.15) is 19.4 Å². The minimum Gasteiger partial charge on any atom is -0.507 e. The number of halogens is 3. The van der Waals surface area contributed by atoms with Gasteiger partial charge in [0.25, 0.3) is 0 Å². The van der Waals surface area contributed by atoms with Crippen LogP contribution < -0.4 is 10.6 Å². The molecule has 3 aromatic carbocycles. The van der Waals surface area contributed by atoms with Crippen molar-refractivity contribution in [3.8, 4) is 22.6 Å². The topological polar surface area (TPSA) is 77.4 Å². The zero-order chi connectivity index (χ0) is 22.8. The van der Waals surface area contributed by atoms with Crippen molar-refractivity contribution in [1.29, 1.82) is 0 Å². The van der Waals surface area contributed by atoms with Gasteiger partial charge in [-0.25, -0.2) is 0 Å². The summed E-state index contributed by atoms with van der Waals surface area (Å²) in [6.07, 6.45) is 1.72. The summed E-state index contributed by atoms with van der Waals surface area (Å²) < 4.78 is 0. The van der Waals surface area contributed by atoms with Crippen LogP contribution in [0.3, 0.4) is 0 Å². The monoisotopic (exact) mass is 503 g/mol. The number of hydrogen-bond donors (Lipinski definition) is 4. The van der Waals surface area contributed by atoms with Gasteiger partial charge in [0.2, 0.25) is 0 Å². The standard InChI is InChI=1S/C25H23Cl2N3O2.ClH/c1-14(2)29-13-16-9-18(12-20(25(16)32)15-3-6-21(27)24(31)10-15)30-22-7-8-28-23-11-17(26)4-5-19(22)23;/h3-12,14,29,31-32H,13H2,1-2H3,(H,28,30);1H. The van der Waals surface area contributed by atoms with Gasteiger partial charge < -0.3 is 20.8 Å². The zero-order valence-electron chi connectivity index (χ0n) is 18.1. The van der Waals surface area contributed by atoms with E-state index >= 15 is 0 Å². The van der Waals surface area contributed by atoms with Crippen molar-refractivity contribution in [2.24, 2.45) is 0 Å². The second kappa shape index (κ2) is 10.5. The molecule has 0 fully saturated rings. The van der Waals surface area contributed by atoms with Crippen molar-refractivity contribution in [1.82, 2.24) is 10.3 Å². The Morgan fingerprint density at radius 1 is 0.970 bits per heavy atom. The van der Waals surface area contributed by atoms with Crippen LogP contribution in [0.4, 0.5) is 11.4 Å². The summed E-state index contributed by atoms with van der Waals surface area (Å²) in [4.78, 5) is 4.39. The Morgan fingerprint density at radius 2 is 1.76 bits per heavy atom. The Labute approximate surface area is 208 Å². The number of nitrogens with zero attached hydrogens (tertiary/aromatic N) is 1. The molecule has 0 saturated heterocycles. The number of pyridine rings is 1.